The maximum absolute atomic E-state index is 6.10. The Hall–Kier alpha value is -1.43. The summed E-state index contributed by atoms with van der Waals surface area (Å²) in [6.07, 6.45) is 2.42. The minimum atomic E-state index is 0.473. The lowest BCUT2D eigenvalue weighted by molar-refractivity contribution is 0.776. The smallest absolute Gasteiger partial charge is 0.153 e. The number of fused-ring (bicyclic) bond motifs is 1. The van der Waals surface area contributed by atoms with Crippen molar-refractivity contribution in [1.29, 1.82) is 0 Å². The molecule has 0 radical (unpaired) electrons. The van der Waals surface area contributed by atoms with Crippen molar-refractivity contribution in [3.8, 4) is 10.7 Å². The summed E-state index contributed by atoms with van der Waals surface area (Å²) in [6, 6.07) is 6.47. The Balaban J connectivity index is 1.98. The van der Waals surface area contributed by atoms with Crippen LogP contribution in [0, 0.1) is 6.92 Å². The fourth-order valence-electron chi connectivity index (χ4n) is 2.68. The number of benzene rings is 1. The third-order valence-corrected chi connectivity index (χ3v) is 5.19. The van der Waals surface area contributed by atoms with Gasteiger partial charge < -0.3 is 10.3 Å². The molecule has 108 valence electrons. The molecule has 2 heterocycles. The second-order valence-electron chi connectivity index (χ2n) is 5.40. The van der Waals surface area contributed by atoms with Gasteiger partial charge in [0, 0.05) is 17.6 Å². The van der Waals surface area contributed by atoms with Gasteiger partial charge in [-0.3, -0.25) is 0 Å². The van der Waals surface area contributed by atoms with Gasteiger partial charge in [0.1, 0.15) is 5.01 Å². The first-order valence-electron chi connectivity index (χ1n) is 7.01. The highest BCUT2D eigenvalue weighted by Gasteiger charge is 2.30. The van der Waals surface area contributed by atoms with E-state index in [1.165, 1.54) is 12.8 Å². The van der Waals surface area contributed by atoms with E-state index in [-0.39, 0.29) is 0 Å². The Labute approximate surface area is 131 Å². The van der Waals surface area contributed by atoms with Crippen molar-refractivity contribution >= 4 is 34.0 Å². The van der Waals surface area contributed by atoms with E-state index in [1.807, 2.05) is 19.1 Å². The number of thiazole rings is 1. The predicted molar refractivity (Wildman–Crippen MR) is 86.8 cm³/mol. The van der Waals surface area contributed by atoms with Crippen LogP contribution in [0.25, 0.3) is 21.7 Å². The van der Waals surface area contributed by atoms with Gasteiger partial charge in [-0.2, -0.15) is 0 Å². The van der Waals surface area contributed by atoms with E-state index in [1.54, 1.807) is 11.3 Å². The lowest BCUT2D eigenvalue weighted by Crippen LogP contribution is -1.97. The van der Waals surface area contributed by atoms with Crippen molar-refractivity contribution in [2.24, 2.45) is 5.73 Å². The fourth-order valence-corrected chi connectivity index (χ4v) is 3.78. The number of aryl methyl sites for hydroxylation is 1. The zero-order chi connectivity index (χ0) is 14.6. The normalized spacial score (nSPS) is 15.0. The van der Waals surface area contributed by atoms with Crippen LogP contribution in [0.2, 0.25) is 5.02 Å². The molecule has 0 amide bonds. The van der Waals surface area contributed by atoms with E-state index in [0.29, 0.717) is 12.6 Å². The first kappa shape index (κ1) is 13.2. The average molecular weight is 319 g/mol. The predicted octanol–water partition coefficient (Wildman–Crippen LogP) is 3.92. The van der Waals surface area contributed by atoms with Gasteiger partial charge in [0.15, 0.2) is 5.82 Å². The molecule has 1 fully saturated rings. The number of hydrogen-bond acceptors (Lipinski definition) is 4. The van der Waals surface area contributed by atoms with Crippen LogP contribution in [0.15, 0.2) is 18.2 Å². The van der Waals surface area contributed by atoms with Gasteiger partial charge in [0.05, 0.1) is 21.6 Å². The Kier molecular flexibility index (Phi) is 3.03. The maximum atomic E-state index is 6.10. The summed E-state index contributed by atoms with van der Waals surface area (Å²) in [6.45, 7) is 2.50. The van der Waals surface area contributed by atoms with Crippen molar-refractivity contribution in [3.63, 3.8) is 0 Å². The quantitative estimate of drug-likeness (QED) is 0.796. The van der Waals surface area contributed by atoms with E-state index in [4.69, 9.17) is 22.3 Å². The second-order valence-corrected chi connectivity index (χ2v) is 6.92. The molecule has 1 aliphatic carbocycles. The Morgan fingerprint density at radius 3 is 2.86 bits per heavy atom. The summed E-state index contributed by atoms with van der Waals surface area (Å²) in [5, 5.41) is 1.67. The molecule has 0 unspecified atom stereocenters. The summed E-state index contributed by atoms with van der Waals surface area (Å²) < 4.78 is 2.34. The number of aromatic nitrogens is 3. The maximum Gasteiger partial charge on any atom is 0.153 e. The molecule has 3 aromatic rings. The third-order valence-electron chi connectivity index (χ3n) is 3.78. The highest BCUT2D eigenvalue weighted by Crippen LogP contribution is 2.43. The van der Waals surface area contributed by atoms with Crippen LogP contribution in [0.1, 0.15) is 29.6 Å². The third kappa shape index (κ3) is 2.16. The second kappa shape index (κ2) is 4.80. The summed E-state index contributed by atoms with van der Waals surface area (Å²) in [7, 11) is 0. The standard InChI is InChI=1S/C15H15ClN4S/c1-8-14(21-13(7-17)18-8)15-19-11-6-9(16)2-5-12(11)20(15)10-3-4-10/h2,5-6,10H,3-4,7,17H2,1H3. The van der Waals surface area contributed by atoms with Crippen molar-refractivity contribution in [3.05, 3.63) is 33.9 Å². The molecule has 4 nitrogen and oxygen atoms in total. The molecule has 21 heavy (non-hydrogen) atoms. The molecule has 2 aromatic heterocycles. The molecule has 0 bridgehead atoms. The van der Waals surface area contributed by atoms with Gasteiger partial charge >= 0.3 is 0 Å². The molecular weight excluding hydrogens is 304 g/mol. The molecule has 1 aromatic carbocycles. The molecule has 1 saturated carbocycles. The highest BCUT2D eigenvalue weighted by atomic mass is 35.5. The molecular formula is C15H15ClN4S. The molecule has 6 heteroatoms. The van der Waals surface area contributed by atoms with E-state index in [9.17, 15) is 0 Å². The van der Waals surface area contributed by atoms with Crippen LogP contribution in [0.5, 0.6) is 0 Å². The topological polar surface area (TPSA) is 56.7 Å². The van der Waals surface area contributed by atoms with E-state index < -0.39 is 0 Å². The number of hydrogen-bond donors (Lipinski definition) is 1. The summed E-state index contributed by atoms with van der Waals surface area (Å²) >= 11 is 7.74. The van der Waals surface area contributed by atoms with E-state index in [2.05, 4.69) is 15.6 Å². The molecule has 4 rings (SSSR count). The minimum absolute atomic E-state index is 0.473. The highest BCUT2D eigenvalue weighted by molar-refractivity contribution is 7.15. The minimum Gasteiger partial charge on any atom is -0.325 e. The van der Waals surface area contributed by atoms with Crippen molar-refractivity contribution in [1.82, 2.24) is 14.5 Å². The zero-order valence-electron chi connectivity index (χ0n) is 11.6. The van der Waals surface area contributed by atoms with Crippen LogP contribution >= 0.6 is 22.9 Å². The van der Waals surface area contributed by atoms with Crippen molar-refractivity contribution < 1.29 is 0 Å². The largest absolute Gasteiger partial charge is 0.325 e. The number of imidazole rings is 1. The van der Waals surface area contributed by atoms with E-state index in [0.717, 1.165) is 37.5 Å². The Morgan fingerprint density at radius 1 is 1.38 bits per heavy atom. The Morgan fingerprint density at radius 2 is 2.19 bits per heavy atom. The summed E-state index contributed by atoms with van der Waals surface area (Å²) in [4.78, 5) is 10.5. The van der Waals surface area contributed by atoms with Crippen LogP contribution < -0.4 is 5.73 Å². The summed E-state index contributed by atoms with van der Waals surface area (Å²) in [5.41, 5.74) is 8.82. The van der Waals surface area contributed by atoms with E-state index >= 15 is 0 Å². The Bertz CT molecular complexity index is 832. The molecule has 0 aliphatic heterocycles. The van der Waals surface area contributed by atoms with Crippen LogP contribution in [-0.2, 0) is 6.54 Å². The lowest BCUT2D eigenvalue weighted by Gasteiger charge is -2.06. The van der Waals surface area contributed by atoms with Crippen LogP contribution in [0.4, 0.5) is 0 Å². The zero-order valence-corrected chi connectivity index (χ0v) is 13.2. The van der Waals surface area contributed by atoms with Crippen LogP contribution in [-0.4, -0.2) is 14.5 Å². The number of nitrogens with zero attached hydrogens (tertiary/aromatic N) is 3. The van der Waals surface area contributed by atoms with Gasteiger partial charge in [-0.15, -0.1) is 11.3 Å². The first-order valence-corrected chi connectivity index (χ1v) is 8.21. The number of halogens is 1. The van der Waals surface area contributed by atoms with Gasteiger partial charge in [-0.05, 0) is 38.0 Å². The first-order chi connectivity index (χ1) is 10.2. The van der Waals surface area contributed by atoms with Gasteiger partial charge in [0.25, 0.3) is 0 Å². The van der Waals surface area contributed by atoms with Crippen molar-refractivity contribution in [2.45, 2.75) is 32.4 Å². The van der Waals surface area contributed by atoms with Gasteiger partial charge in [-0.25, -0.2) is 9.97 Å². The van der Waals surface area contributed by atoms with Crippen molar-refractivity contribution in [2.75, 3.05) is 0 Å². The number of rotatable bonds is 3. The molecule has 1 aliphatic rings. The molecule has 0 spiro atoms. The fraction of sp³-hybridized carbons (Fsp3) is 0.333. The lowest BCUT2D eigenvalue weighted by atomic mass is 10.3. The van der Waals surface area contributed by atoms with Gasteiger partial charge in [0.2, 0.25) is 0 Å². The molecule has 2 N–H and O–H groups in total. The SMILES string of the molecule is Cc1nc(CN)sc1-c1nc2cc(Cl)ccc2n1C1CC1. The van der Waals surface area contributed by atoms with Crippen LogP contribution in [0.3, 0.4) is 0 Å². The molecule has 0 atom stereocenters. The monoisotopic (exact) mass is 318 g/mol. The molecule has 0 saturated heterocycles. The average Bonchev–Trinajstić information content (AvgIpc) is 3.13. The summed E-state index contributed by atoms with van der Waals surface area (Å²) in [5.74, 6) is 1.00. The number of nitrogens with two attached hydrogens (primary N) is 1. The van der Waals surface area contributed by atoms with Gasteiger partial charge in [-0.1, -0.05) is 11.6 Å².